The molecule has 1 fully saturated rings. The Hall–Kier alpha value is -2.15. The average Bonchev–Trinajstić information content (AvgIpc) is 3.05. The van der Waals surface area contributed by atoms with Gasteiger partial charge in [0.2, 0.25) is 5.76 Å². The van der Waals surface area contributed by atoms with E-state index in [0.29, 0.717) is 17.5 Å². The lowest BCUT2D eigenvalue weighted by Crippen LogP contribution is -2.22. The molecule has 0 spiro atoms. The van der Waals surface area contributed by atoms with Gasteiger partial charge in [-0.3, -0.25) is 4.79 Å². The summed E-state index contributed by atoms with van der Waals surface area (Å²) in [6, 6.07) is 3.22. The van der Waals surface area contributed by atoms with Crippen molar-refractivity contribution in [1.29, 1.82) is 0 Å². The molecule has 2 heterocycles. The molecule has 7 heteroatoms. The minimum absolute atomic E-state index is 0.243. The Labute approximate surface area is 124 Å². The number of aromatic nitrogens is 1. The van der Waals surface area contributed by atoms with Crippen LogP contribution < -0.4 is 5.32 Å². The van der Waals surface area contributed by atoms with Crippen molar-refractivity contribution in [3.63, 3.8) is 0 Å². The lowest BCUT2D eigenvalue weighted by molar-refractivity contribution is 0.0702. The molecule has 0 atom stereocenters. The minimum Gasteiger partial charge on any atom is -0.477 e. The maximum absolute atomic E-state index is 12.1. The predicted octanol–water partition coefficient (Wildman–Crippen LogP) is 2.55. The quantitative estimate of drug-likeness (QED) is 0.885. The zero-order chi connectivity index (χ0) is 15.0. The van der Waals surface area contributed by atoms with Crippen molar-refractivity contribution in [2.45, 2.75) is 32.2 Å². The summed E-state index contributed by atoms with van der Waals surface area (Å²) in [5.41, 5.74) is 0.590. The first-order chi connectivity index (χ1) is 10.0. The fourth-order valence-electron chi connectivity index (χ4n) is 1.97. The Morgan fingerprint density at radius 2 is 2.24 bits per heavy atom. The number of nitrogens with one attached hydrogen (secondary N) is 1. The first-order valence-electron chi connectivity index (χ1n) is 6.62. The van der Waals surface area contributed by atoms with Crippen LogP contribution in [0.1, 0.15) is 55.4 Å². The summed E-state index contributed by atoms with van der Waals surface area (Å²) >= 11 is 1.14. The number of carbonyl (C=O) groups excluding carboxylic acids is 1. The maximum atomic E-state index is 12.1. The molecule has 0 radical (unpaired) electrons. The third kappa shape index (κ3) is 2.97. The van der Waals surface area contributed by atoms with Crippen molar-refractivity contribution >= 4 is 23.2 Å². The van der Waals surface area contributed by atoms with Crippen LogP contribution in [0, 0.1) is 6.92 Å². The van der Waals surface area contributed by atoms with Gasteiger partial charge in [-0.05, 0) is 31.9 Å². The van der Waals surface area contributed by atoms with Crippen molar-refractivity contribution in [3.05, 3.63) is 39.2 Å². The van der Waals surface area contributed by atoms with Crippen LogP contribution in [0.15, 0.2) is 16.5 Å². The Kier molecular flexibility index (Phi) is 3.50. The number of carboxylic acids is 1. The molecule has 0 aliphatic heterocycles. The molecule has 1 aliphatic rings. The Balaban J connectivity index is 1.64. The van der Waals surface area contributed by atoms with Crippen LogP contribution >= 0.6 is 11.3 Å². The highest BCUT2D eigenvalue weighted by Gasteiger charge is 2.30. The van der Waals surface area contributed by atoms with Crippen LogP contribution in [0.4, 0.5) is 0 Å². The van der Waals surface area contributed by atoms with Gasteiger partial charge in [-0.25, -0.2) is 9.78 Å². The van der Waals surface area contributed by atoms with Crippen molar-refractivity contribution in [3.8, 4) is 0 Å². The van der Waals surface area contributed by atoms with Gasteiger partial charge in [0.25, 0.3) is 5.91 Å². The van der Waals surface area contributed by atoms with E-state index >= 15 is 0 Å². The van der Waals surface area contributed by atoms with Crippen LogP contribution in [0.5, 0.6) is 0 Å². The normalized spacial score (nSPS) is 14.1. The number of oxazole rings is 1. The van der Waals surface area contributed by atoms with E-state index in [-0.39, 0.29) is 23.1 Å². The molecule has 0 unspecified atom stereocenters. The van der Waals surface area contributed by atoms with Gasteiger partial charge in [0.05, 0.1) is 12.2 Å². The second-order valence-electron chi connectivity index (χ2n) is 4.99. The number of amides is 1. The summed E-state index contributed by atoms with van der Waals surface area (Å²) in [5.74, 6) is -0.0376. The number of thiophene rings is 1. The molecule has 1 saturated carbocycles. The Morgan fingerprint density at radius 1 is 1.48 bits per heavy atom. The van der Waals surface area contributed by atoms with Gasteiger partial charge >= 0.3 is 5.97 Å². The van der Waals surface area contributed by atoms with E-state index in [0.717, 1.165) is 29.1 Å². The van der Waals surface area contributed by atoms with Crippen LogP contribution in [-0.2, 0) is 6.54 Å². The second-order valence-corrected chi connectivity index (χ2v) is 6.16. The van der Waals surface area contributed by atoms with Gasteiger partial charge in [0.15, 0.2) is 5.89 Å². The zero-order valence-electron chi connectivity index (χ0n) is 11.4. The van der Waals surface area contributed by atoms with Crippen molar-refractivity contribution in [2.75, 3.05) is 0 Å². The molecule has 2 N–H and O–H groups in total. The number of hydrogen-bond donors (Lipinski definition) is 2. The molecule has 110 valence electrons. The van der Waals surface area contributed by atoms with Gasteiger partial charge in [-0.15, -0.1) is 11.3 Å². The summed E-state index contributed by atoms with van der Waals surface area (Å²) in [6.07, 6.45) is 2.13. The highest BCUT2D eigenvalue weighted by atomic mass is 32.1. The van der Waals surface area contributed by atoms with Gasteiger partial charge < -0.3 is 14.8 Å². The molecule has 0 saturated heterocycles. The first kappa shape index (κ1) is 13.8. The van der Waals surface area contributed by atoms with E-state index in [4.69, 9.17) is 9.52 Å². The molecule has 0 bridgehead atoms. The molecule has 2 aromatic heterocycles. The number of nitrogens with zero attached hydrogens (tertiary/aromatic N) is 1. The van der Waals surface area contributed by atoms with Crippen LogP contribution in [-0.4, -0.2) is 22.0 Å². The van der Waals surface area contributed by atoms with Crippen molar-refractivity contribution < 1.29 is 19.1 Å². The van der Waals surface area contributed by atoms with E-state index in [2.05, 4.69) is 10.3 Å². The molecule has 1 amide bonds. The molecule has 3 rings (SSSR count). The van der Waals surface area contributed by atoms with E-state index in [9.17, 15) is 9.59 Å². The topological polar surface area (TPSA) is 92.4 Å². The van der Waals surface area contributed by atoms with Gasteiger partial charge in [0.1, 0.15) is 4.88 Å². The lowest BCUT2D eigenvalue weighted by atomic mass is 10.3. The van der Waals surface area contributed by atoms with E-state index in [1.54, 1.807) is 13.0 Å². The van der Waals surface area contributed by atoms with Crippen molar-refractivity contribution in [2.24, 2.45) is 0 Å². The molecular formula is C14H14N2O4S. The largest absolute Gasteiger partial charge is 0.477 e. The van der Waals surface area contributed by atoms with Crippen LogP contribution in [0.3, 0.4) is 0 Å². The van der Waals surface area contributed by atoms with Gasteiger partial charge in [-0.2, -0.15) is 0 Å². The summed E-state index contributed by atoms with van der Waals surface area (Å²) in [4.78, 5) is 28.2. The van der Waals surface area contributed by atoms with Gasteiger partial charge in [-0.1, -0.05) is 0 Å². The second kappa shape index (κ2) is 5.33. The van der Waals surface area contributed by atoms with Crippen molar-refractivity contribution in [1.82, 2.24) is 10.3 Å². The molecule has 6 nitrogen and oxygen atoms in total. The fourth-order valence-corrected chi connectivity index (χ4v) is 2.75. The molecule has 1 aliphatic carbocycles. The maximum Gasteiger partial charge on any atom is 0.345 e. The number of carboxylic acid groups (broad SMARTS) is 1. The molecule has 0 aromatic carbocycles. The lowest BCUT2D eigenvalue weighted by Gasteiger charge is -2.01. The van der Waals surface area contributed by atoms with Crippen LogP contribution in [0.2, 0.25) is 0 Å². The van der Waals surface area contributed by atoms with Gasteiger partial charge in [0, 0.05) is 10.8 Å². The average molecular weight is 306 g/mol. The van der Waals surface area contributed by atoms with Crippen LogP contribution in [0.25, 0.3) is 0 Å². The summed E-state index contributed by atoms with van der Waals surface area (Å²) in [7, 11) is 0. The zero-order valence-corrected chi connectivity index (χ0v) is 12.2. The number of aromatic carboxylic acids is 1. The van der Waals surface area contributed by atoms with E-state index in [1.807, 2.05) is 0 Å². The predicted molar refractivity (Wildman–Crippen MR) is 75.7 cm³/mol. The molecule has 21 heavy (non-hydrogen) atoms. The summed E-state index contributed by atoms with van der Waals surface area (Å²) in [6.45, 7) is 2.02. The number of carbonyl (C=O) groups is 2. The first-order valence-corrected chi connectivity index (χ1v) is 7.44. The van der Waals surface area contributed by atoms with E-state index < -0.39 is 5.97 Å². The smallest absolute Gasteiger partial charge is 0.345 e. The van der Waals surface area contributed by atoms with E-state index in [1.165, 1.54) is 6.07 Å². The minimum atomic E-state index is -0.960. The molecule has 2 aromatic rings. The standard InChI is InChI=1S/C14H14N2O4S/c1-7-11(20-13(16-7)8-2-3-8)12(17)15-6-9-4-5-10(21-9)14(18)19/h4-5,8H,2-3,6H2,1H3,(H,15,17)(H,18,19). The fraction of sp³-hybridized carbons (Fsp3) is 0.357. The highest BCUT2D eigenvalue weighted by Crippen LogP contribution is 2.40. The third-order valence-corrected chi connectivity index (χ3v) is 4.31. The number of hydrogen-bond acceptors (Lipinski definition) is 5. The third-order valence-electron chi connectivity index (χ3n) is 3.24. The molecular weight excluding hydrogens is 292 g/mol. The monoisotopic (exact) mass is 306 g/mol. The number of aryl methyl sites for hydroxylation is 1. The highest BCUT2D eigenvalue weighted by molar-refractivity contribution is 7.13. The number of rotatable bonds is 5. The SMILES string of the molecule is Cc1nc(C2CC2)oc1C(=O)NCc1ccc(C(=O)O)s1. The summed E-state index contributed by atoms with van der Waals surface area (Å²) in [5, 5.41) is 11.6. The Morgan fingerprint density at radius 3 is 2.86 bits per heavy atom. The Bertz CT molecular complexity index is 700. The summed E-state index contributed by atoms with van der Waals surface area (Å²) < 4.78 is 5.52.